The summed E-state index contributed by atoms with van der Waals surface area (Å²) in [5.74, 6) is -1.17. The Morgan fingerprint density at radius 1 is 1.23 bits per heavy atom. The van der Waals surface area contributed by atoms with Crippen molar-refractivity contribution in [3.8, 4) is 0 Å². The first-order chi connectivity index (χ1) is 12.2. The highest BCUT2D eigenvalue weighted by molar-refractivity contribution is 6.35. The van der Waals surface area contributed by atoms with Gasteiger partial charge >= 0.3 is 11.9 Å². The van der Waals surface area contributed by atoms with Gasteiger partial charge in [-0.05, 0) is 30.5 Å². The molecule has 0 saturated carbocycles. The number of likely N-dealkylation sites (tertiary alicyclic amines) is 1. The maximum atomic E-state index is 12.9. The van der Waals surface area contributed by atoms with Crippen LogP contribution in [-0.4, -0.2) is 32.3 Å². The first kappa shape index (κ1) is 19.3. The molecule has 0 bridgehead atoms. The van der Waals surface area contributed by atoms with Crippen LogP contribution in [0.2, 0.25) is 10.0 Å². The van der Waals surface area contributed by atoms with E-state index in [0.29, 0.717) is 47.1 Å². The first-order valence-corrected chi connectivity index (χ1v) is 8.81. The number of piperidine rings is 1. The van der Waals surface area contributed by atoms with Crippen LogP contribution in [0.4, 0.5) is 13.2 Å². The van der Waals surface area contributed by atoms with Gasteiger partial charge in [-0.2, -0.15) is 13.2 Å². The summed E-state index contributed by atoms with van der Waals surface area (Å²) < 4.78 is 40.3. The first-order valence-electron chi connectivity index (χ1n) is 8.06. The Kier molecular flexibility index (Phi) is 5.37. The molecule has 0 amide bonds. The molecule has 0 radical (unpaired) electrons. The third-order valence-corrected chi connectivity index (χ3v) is 5.16. The average Bonchev–Trinajstić information content (AvgIpc) is 2.87. The fourth-order valence-corrected chi connectivity index (χ4v) is 3.62. The molecule has 0 atom stereocenters. The van der Waals surface area contributed by atoms with Crippen LogP contribution in [0.15, 0.2) is 23.0 Å². The zero-order valence-corrected chi connectivity index (χ0v) is 15.4. The fourth-order valence-electron chi connectivity index (χ4n) is 3.15. The van der Waals surface area contributed by atoms with Gasteiger partial charge in [0.05, 0.1) is 6.04 Å². The van der Waals surface area contributed by atoms with Crippen molar-refractivity contribution < 1.29 is 13.2 Å². The smallest absolute Gasteiger partial charge is 0.299 e. The van der Waals surface area contributed by atoms with Gasteiger partial charge in [0.15, 0.2) is 0 Å². The molecule has 1 aliphatic heterocycles. The van der Waals surface area contributed by atoms with Gasteiger partial charge in [0.2, 0.25) is 5.82 Å². The number of halogens is 5. The predicted molar refractivity (Wildman–Crippen MR) is 92.5 cm³/mol. The van der Waals surface area contributed by atoms with E-state index in [1.807, 2.05) is 6.07 Å². The molecular weight excluding hydrogens is 392 g/mol. The van der Waals surface area contributed by atoms with Gasteiger partial charge in [0.25, 0.3) is 0 Å². The van der Waals surface area contributed by atoms with E-state index in [9.17, 15) is 18.0 Å². The minimum Gasteiger partial charge on any atom is -0.299 e. The van der Waals surface area contributed by atoms with Gasteiger partial charge in [0.1, 0.15) is 0 Å². The van der Waals surface area contributed by atoms with E-state index in [1.165, 1.54) is 0 Å². The highest BCUT2D eigenvalue weighted by Crippen LogP contribution is 2.29. The normalized spacial score (nSPS) is 17.0. The van der Waals surface area contributed by atoms with E-state index >= 15 is 0 Å². The van der Waals surface area contributed by atoms with Crippen molar-refractivity contribution in [3.63, 3.8) is 0 Å². The molecule has 10 heteroatoms. The van der Waals surface area contributed by atoms with Crippen molar-refractivity contribution in [2.24, 2.45) is 7.05 Å². The summed E-state index contributed by atoms with van der Waals surface area (Å²) in [6, 6.07) is 4.95. The lowest BCUT2D eigenvalue weighted by Gasteiger charge is -2.31. The zero-order chi connectivity index (χ0) is 19.1. The molecule has 3 rings (SSSR count). The van der Waals surface area contributed by atoms with Crippen LogP contribution in [0.25, 0.3) is 0 Å². The Morgan fingerprint density at radius 2 is 1.88 bits per heavy atom. The summed E-state index contributed by atoms with van der Waals surface area (Å²) in [5, 5.41) is 4.67. The number of hydrogen-bond donors (Lipinski definition) is 0. The van der Waals surface area contributed by atoms with Gasteiger partial charge in [-0.25, -0.2) is 9.48 Å². The highest BCUT2D eigenvalue weighted by Gasteiger charge is 2.39. The summed E-state index contributed by atoms with van der Waals surface area (Å²) in [7, 11) is 1.09. The Bertz CT molecular complexity index is 854. The Labute approximate surface area is 157 Å². The third kappa shape index (κ3) is 3.92. The van der Waals surface area contributed by atoms with Crippen molar-refractivity contribution in [1.82, 2.24) is 19.2 Å². The van der Waals surface area contributed by atoms with Crippen LogP contribution in [0.3, 0.4) is 0 Å². The second kappa shape index (κ2) is 7.25. The number of nitrogens with zero attached hydrogens (tertiary/aromatic N) is 4. The van der Waals surface area contributed by atoms with Gasteiger partial charge in [-0.15, -0.1) is 5.10 Å². The largest absolute Gasteiger partial charge is 0.451 e. The van der Waals surface area contributed by atoms with Crippen molar-refractivity contribution in [2.45, 2.75) is 31.6 Å². The number of benzene rings is 1. The van der Waals surface area contributed by atoms with E-state index in [-0.39, 0.29) is 6.04 Å². The second-order valence-electron chi connectivity index (χ2n) is 6.35. The van der Waals surface area contributed by atoms with Crippen molar-refractivity contribution in [2.75, 3.05) is 13.1 Å². The van der Waals surface area contributed by atoms with E-state index < -0.39 is 17.7 Å². The molecular formula is C16H17Cl2F3N4O. The standard InChI is InChI=1S/C16H17Cl2F3N4O/c1-23-14(16(19,20)21)22-25(15(23)26)12-4-6-24(7-5-12)9-10-2-3-11(17)8-13(10)18/h2-3,8,12H,4-7,9H2,1H3. The minimum absolute atomic E-state index is 0.346. The lowest BCUT2D eigenvalue weighted by molar-refractivity contribution is -0.147. The van der Waals surface area contributed by atoms with Crippen LogP contribution in [0.5, 0.6) is 0 Å². The topological polar surface area (TPSA) is 43.1 Å². The summed E-state index contributed by atoms with van der Waals surface area (Å²) in [5.41, 5.74) is 0.195. The fraction of sp³-hybridized carbons (Fsp3) is 0.500. The molecule has 1 aromatic heterocycles. The third-order valence-electron chi connectivity index (χ3n) is 4.57. The zero-order valence-electron chi connectivity index (χ0n) is 13.9. The van der Waals surface area contributed by atoms with Gasteiger partial charge in [-0.3, -0.25) is 9.47 Å². The van der Waals surface area contributed by atoms with E-state index in [0.717, 1.165) is 17.3 Å². The van der Waals surface area contributed by atoms with Crippen molar-refractivity contribution in [3.05, 3.63) is 50.1 Å². The number of rotatable bonds is 3. The Morgan fingerprint density at radius 3 is 2.42 bits per heavy atom. The molecule has 0 N–H and O–H groups in total. The molecule has 0 unspecified atom stereocenters. The lowest BCUT2D eigenvalue weighted by Crippen LogP contribution is -2.37. The van der Waals surface area contributed by atoms with Gasteiger partial charge < -0.3 is 0 Å². The predicted octanol–water partition coefficient (Wildman–Crippen LogP) is 3.74. The van der Waals surface area contributed by atoms with Gasteiger partial charge in [0, 0.05) is 36.7 Å². The molecule has 1 fully saturated rings. The van der Waals surface area contributed by atoms with Crippen LogP contribution in [0.1, 0.15) is 30.3 Å². The Hall–Kier alpha value is -1.51. The van der Waals surface area contributed by atoms with Gasteiger partial charge in [-0.1, -0.05) is 29.3 Å². The molecule has 1 aliphatic rings. The van der Waals surface area contributed by atoms with E-state index in [2.05, 4.69) is 10.00 Å². The summed E-state index contributed by atoms with van der Waals surface area (Å²) in [4.78, 5) is 14.2. The molecule has 1 saturated heterocycles. The monoisotopic (exact) mass is 408 g/mol. The molecule has 2 heterocycles. The SMILES string of the molecule is Cn1c(C(F)(F)F)nn(C2CCN(Cc3ccc(Cl)cc3Cl)CC2)c1=O. The van der Waals surface area contributed by atoms with Crippen molar-refractivity contribution in [1.29, 1.82) is 0 Å². The highest BCUT2D eigenvalue weighted by atomic mass is 35.5. The summed E-state index contributed by atoms with van der Waals surface area (Å²) in [6.07, 6.45) is -3.57. The van der Waals surface area contributed by atoms with Crippen molar-refractivity contribution >= 4 is 23.2 Å². The lowest BCUT2D eigenvalue weighted by atomic mass is 10.0. The summed E-state index contributed by atoms with van der Waals surface area (Å²) >= 11 is 12.1. The van der Waals surface area contributed by atoms with Crippen LogP contribution >= 0.6 is 23.2 Å². The minimum atomic E-state index is -4.65. The molecule has 0 aliphatic carbocycles. The maximum Gasteiger partial charge on any atom is 0.451 e. The maximum absolute atomic E-state index is 12.9. The Balaban J connectivity index is 1.68. The number of alkyl halides is 3. The molecule has 5 nitrogen and oxygen atoms in total. The molecule has 26 heavy (non-hydrogen) atoms. The van der Waals surface area contributed by atoms with E-state index in [1.54, 1.807) is 12.1 Å². The average molecular weight is 409 g/mol. The second-order valence-corrected chi connectivity index (χ2v) is 7.19. The van der Waals surface area contributed by atoms with Crippen LogP contribution in [0, 0.1) is 0 Å². The number of hydrogen-bond acceptors (Lipinski definition) is 3. The van der Waals surface area contributed by atoms with Crippen LogP contribution in [-0.2, 0) is 19.8 Å². The molecule has 1 aromatic carbocycles. The summed E-state index contributed by atoms with van der Waals surface area (Å²) in [6.45, 7) is 1.88. The molecule has 2 aromatic rings. The molecule has 0 spiro atoms. The van der Waals surface area contributed by atoms with Crippen LogP contribution < -0.4 is 5.69 Å². The number of aromatic nitrogens is 3. The molecule has 142 valence electrons. The van der Waals surface area contributed by atoms with E-state index in [4.69, 9.17) is 23.2 Å². The quantitative estimate of drug-likeness (QED) is 0.776.